The van der Waals surface area contributed by atoms with E-state index >= 15 is 0 Å². The Morgan fingerprint density at radius 2 is 2.19 bits per heavy atom. The molecule has 0 bridgehead atoms. The third-order valence-corrected chi connectivity index (χ3v) is 1.75. The molecule has 2 aromatic heterocycles. The Labute approximate surface area is 86.8 Å². The molecule has 0 saturated carbocycles. The first-order valence-corrected chi connectivity index (χ1v) is 3.91. The number of aromatic nitrogens is 4. The second-order valence-electron chi connectivity index (χ2n) is 2.65. The number of imidazole rings is 1. The van der Waals surface area contributed by atoms with Gasteiger partial charge < -0.3 is 10.1 Å². The molecule has 10 nitrogen and oxygen atoms in total. The van der Waals surface area contributed by atoms with E-state index in [0.29, 0.717) is 0 Å². The average Bonchev–Trinajstić information content (AvgIpc) is 2.85. The van der Waals surface area contributed by atoms with E-state index in [4.69, 9.17) is 0 Å². The maximum absolute atomic E-state index is 10.7. The number of nitro groups is 2. The quantitative estimate of drug-likeness (QED) is 0.575. The molecule has 0 fully saturated rings. The van der Waals surface area contributed by atoms with Crippen LogP contribution in [-0.4, -0.2) is 29.8 Å². The molecule has 0 atom stereocenters. The molecule has 0 saturated heterocycles. The number of aromatic amines is 1. The molecule has 0 aliphatic heterocycles. The summed E-state index contributed by atoms with van der Waals surface area (Å²) < 4.78 is 0.115. The molecule has 2 heterocycles. The van der Waals surface area contributed by atoms with Crippen molar-refractivity contribution in [3.63, 3.8) is 0 Å². The zero-order valence-corrected chi connectivity index (χ0v) is 7.52. The van der Waals surface area contributed by atoms with E-state index in [1.165, 1.54) is 12.3 Å². The highest BCUT2D eigenvalue weighted by Gasteiger charge is 2.32. The Bertz CT molecular complexity index is 543. The molecule has 0 unspecified atom stereocenters. The summed E-state index contributed by atoms with van der Waals surface area (Å²) in [6.07, 6.45) is 3.34. The predicted octanol–water partition coefficient (Wildman–Crippen LogP) is 0.0214. The Hall–Kier alpha value is -2.78. The zero-order chi connectivity index (χ0) is 11.7. The highest BCUT2D eigenvalue weighted by molar-refractivity contribution is 5.62. The van der Waals surface area contributed by atoms with E-state index in [0.717, 1.165) is 0 Å². The molecule has 2 aromatic rings. The maximum atomic E-state index is 10.7. The highest BCUT2D eigenvalue weighted by atomic mass is 16.7. The van der Waals surface area contributed by atoms with Crippen molar-refractivity contribution in [2.75, 3.05) is 0 Å². The van der Waals surface area contributed by atoms with Crippen molar-refractivity contribution in [1.82, 2.24) is 19.9 Å². The first kappa shape index (κ1) is 9.76. The van der Waals surface area contributed by atoms with Gasteiger partial charge in [-0.1, -0.05) is 0 Å². The van der Waals surface area contributed by atoms with Gasteiger partial charge in [-0.2, -0.15) is 10.1 Å². The molecule has 2 rings (SSSR count). The third kappa shape index (κ3) is 1.37. The molecule has 10 heteroatoms. The van der Waals surface area contributed by atoms with Crippen molar-refractivity contribution < 1.29 is 9.96 Å². The van der Waals surface area contributed by atoms with Crippen LogP contribution in [0, 0.1) is 26.6 Å². The monoisotopic (exact) mass is 223 g/mol. The molecule has 16 heavy (non-hydrogen) atoms. The lowest BCUT2D eigenvalue weighted by Crippen LogP contribution is -2.10. The molecule has 81 valence electrons. The number of hydrogen-bond donors (Lipinski definition) is 1. The van der Waals surface area contributed by atoms with Gasteiger partial charge in [0, 0.05) is 6.20 Å². The van der Waals surface area contributed by atoms with Crippen LogP contribution in [0.2, 0.25) is 0 Å². The number of hydrogen-bond acceptors (Lipinski definition) is 6. The first-order chi connectivity index (χ1) is 7.61. The zero-order valence-electron chi connectivity index (χ0n) is 7.52. The summed E-state index contributed by atoms with van der Waals surface area (Å²) in [7, 11) is 0. The van der Waals surface area contributed by atoms with Gasteiger partial charge in [0.2, 0.25) is 0 Å². The Morgan fingerprint density at radius 3 is 2.69 bits per heavy atom. The minimum atomic E-state index is -0.985. The fourth-order valence-corrected chi connectivity index (χ4v) is 1.14. The molecule has 0 aliphatic carbocycles. The van der Waals surface area contributed by atoms with E-state index in [9.17, 15) is 20.2 Å². The van der Waals surface area contributed by atoms with Gasteiger partial charge in [0.05, 0.1) is 0 Å². The normalized spacial score (nSPS) is 10.2. The predicted molar refractivity (Wildman–Crippen MR) is 47.7 cm³/mol. The van der Waals surface area contributed by atoms with E-state index in [1.54, 1.807) is 0 Å². The molecular formula is C6H3N6O4. The fourth-order valence-electron chi connectivity index (χ4n) is 1.14. The number of nitrogens with one attached hydrogen (secondary N) is 1. The van der Waals surface area contributed by atoms with Gasteiger partial charge >= 0.3 is 12.1 Å². The summed E-state index contributed by atoms with van der Waals surface area (Å²) in [4.78, 5) is 23.7. The average molecular weight is 223 g/mol. The summed E-state index contributed by atoms with van der Waals surface area (Å²) in [5.41, 5.74) is -0.0634. The van der Waals surface area contributed by atoms with Gasteiger partial charge in [0.1, 0.15) is 10.4 Å². The van der Waals surface area contributed by atoms with Crippen molar-refractivity contribution >= 4 is 5.82 Å². The smallest absolute Gasteiger partial charge is 0.358 e. The molecule has 0 aliphatic rings. The minimum Gasteiger partial charge on any atom is -0.358 e. The van der Waals surface area contributed by atoms with Crippen molar-refractivity contribution in [2.24, 2.45) is 0 Å². The second-order valence-corrected chi connectivity index (χ2v) is 2.65. The van der Waals surface area contributed by atoms with Crippen LogP contribution in [0.15, 0.2) is 12.3 Å². The van der Waals surface area contributed by atoms with E-state index < -0.39 is 15.8 Å². The van der Waals surface area contributed by atoms with Crippen LogP contribution in [-0.2, 0) is 0 Å². The van der Waals surface area contributed by atoms with Gasteiger partial charge in [-0.05, 0) is 11.0 Å². The molecule has 1 N–H and O–H groups in total. The highest BCUT2D eigenvalue weighted by Crippen LogP contribution is 2.25. The van der Waals surface area contributed by atoms with Crippen LogP contribution in [0.3, 0.4) is 0 Å². The summed E-state index contributed by atoms with van der Waals surface area (Å²) in [6, 6.07) is 1.41. The minimum absolute atomic E-state index is 0.115. The Balaban J connectivity index is 2.64. The second kappa shape index (κ2) is 3.42. The maximum Gasteiger partial charge on any atom is 0.419 e. The van der Waals surface area contributed by atoms with Crippen molar-refractivity contribution in [3.05, 3.63) is 38.8 Å². The van der Waals surface area contributed by atoms with Crippen LogP contribution < -0.4 is 0 Å². The van der Waals surface area contributed by atoms with E-state index in [1.807, 2.05) is 6.33 Å². The largest absolute Gasteiger partial charge is 0.419 e. The molecule has 0 aromatic carbocycles. The van der Waals surface area contributed by atoms with E-state index in [-0.39, 0.29) is 16.1 Å². The first-order valence-electron chi connectivity index (χ1n) is 3.91. The molecule has 0 amide bonds. The van der Waals surface area contributed by atoms with Crippen molar-refractivity contribution in [1.29, 1.82) is 0 Å². The van der Waals surface area contributed by atoms with Gasteiger partial charge in [0.15, 0.2) is 5.69 Å². The van der Waals surface area contributed by atoms with Crippen LogP contribution in [0.1, 0.15) is 0 Å². The third-order valence-electron chi connectivity index (χ3n) is 1.75. The van der Waals surface area contributed by atoms with Crippen LogP contribution in [0.5, 0.6) is 0 Å². The molecule has 1 radical (unpaired) electrons. The van der Waals surface area contributed by atoms with Gasteiger partial charge in [-0.25, -0.2) is 10.1 Å². The van der Waals surface area contributed by atoms with Crippen LogP contribution >= 0.6 is 0 Å². The van der Waals surface area contributed by atoms with Gasteiger partial charge in [-0.15, -0.1) is 0 Å². The lowest BCUT2D eigenvalue weighted by atomic mass is 10.3. The molecule has 0 spiro atoms. The van der Waals surface area contributed by atoms with Crippen molar-refractivity contribution in [2.45, 2.75) is 0 Å². The van der Waals surface area contributed by atoms with Gasteiger partial charge in [-0.3, -0.25) is 5.10 Å². The number of nitrogens with zero attached hydrogens (tertiary/aromatic N) is 5. The summed E-state index contributed by atoms with van der Waals surface area (Å²) in [5.74, 6) is -0.780. The van der Waals surface area contributed by atoms with Gasteiger partial charge in [0.25, 0.3) is 5.03 Å². The molecular weight excluding hydrogens is 220 g/mol. The standard InChI is InChI=1S/C6H3N6O4/c13-11(14)6-5(4-1-2-8-9-4)7-3-10(6)12(15)16/h1-2H,(H,8,9). The topological polar surface area (TPSA) is 133 Å². The summed E-state index contributed by atoms with van der Waals surface area (Å²) >= 11 is 0. The number of rotatable bonds is 3. The Kier molecular flexibility index (Phi) is 2.08. The SMILES string of the molecule is O=[N+]([O-])c1c(-c2cc[nH]n2)n[c]n1[N+](=O)[O-]. The lowest BCUT2D eigenvalue weighted by Gasteiger charge is -1.92. The fraction of sp³-hybridized carbons (Fsp3) is 0. The lowest BCUT2D eigenvalue weighted by molar-refractivity contribution is -0.560. The summed E-state index contributed by atoms with van der Waals surface area (Å²) in [6.45, 7) is 0. The van der Waals surface area contributed by atoms with Crippen molar-refractivity contribution in [3.8, 4) is 11.4 Å². The summed E-state index contributed by atoms with van der Waals surface area (Å²) in [5, 5.41) is 26.3. The van der Waals surface area contributed by atoms with Crippen LogP contribution in [0.25, 0.3) is 11.4 Å². The van der Waals surface area contributed by atoms with E-state index in [2.05, 4.69) is 15.2 Å². The van der Waals surface area contributed by atoms with Crippen LogP contribution in [0.4, 0.5) is 5.82 Å². The Morgan fingerprint density at radius 1 is 1.44 bits per heavy atom. The number of H-pyrrole nitrogens is 1.